The van der Waals surface area contributed by atoms with E-state index in [1.54, 1.807) is 0 Å². The summed E-state index contributed by atoms with van der Waals surface area (Å²) in [7, 11) is 0. The van der Waals surface area contributed by atoms with E-state index in [1.807, 2.05) is 6.20 Å². The Labute approximate surface area is 126 Å². The number of aromatic amines is 1. The largest absolute Gasteiger partial charge is 0.396 e. The number of H-pyrrole nitrogens is 1. The van der Waals surface area contributed by atoms with Crippen molar-refractivity contribution in [3.63, 3.8) is 0 Å². The molecule has 1 fully saturated rings. The summed E-state index contributed by atoms with van der Waals surface area (Å²) in [6.07, 6.45) is 1.99. The van der Waals surface area contributed by atoms with Crippen LogP contribution in [0.5, 0.6) is 0 Å². The van der Waals surface area contributed by atoms with Gasteiger partial charge in [-0.1, -0.05) is 26.0 Å². The first kappa shape index (κ1) is 14.6. The third-order valence-corrected chi connectivity index (χ3v) is 4.59. The van der Waals surface area contributed by atoms with Gasteiger partial charge in [0.2, 0.25) is 0 Å². The van der Waals surface area contributed by atoms with Crippen molar-refractivity contribution in [2.75, 3.05) is 32.8 Å². The van der Waals surface area contributed by atoms with E-state index in [2.05, 4.69) is 53.3 Å². The molecule has 3 rings (SSSR count). The molecule has 1 aliphatic rings. The molecule has 1 saturated heterocycles. The van der Waals surface area contributed by atoms with Crippen LogP contribution in [-0.4, -0.2) is 47.8 Å². The highest BCUT2D eigenvalue weighted by molar-refractivity contribution is 5.83. The maximum absolute atomic E-state index is 9.93. The zero-order valence-corrected chi connectivity index (χ0v) is 12.9. The van der Waals surface area contributed by atoms with Gasteiger partial charge >= 0.3 is 0 Å². The Hall–Kier alpha value is -1.36. The van der Waals surface area contributed by atoms with E-state index in [1.165, 1.54) is 16.5 Å². The van der Waals surface area contributed by atoms with Gasteiger partial charge in [0, 0.05) is 61.3 Å². The van der Waals surface area contributed by atoms with Gasteiger partial charge < -0.3 is 15.4 Å². The van der Waals surface area contributed by atoms with Crippen LogP contribution in [0.3, 0.4) is 0 Å². The van der Waals surface area contributed by atoms with E-state index >= 15 is 0 Å². The van der Waals surface area contributed by atoms with Crippen LogP contribution >= 0.6 is 0 Å². The third-order valence-electron chi connectivity index (χ3n) is 4.59. The van der Waals surface area contributed by atoms with E-state index < -0.39 is 0 Å². The molecule has 0 saturated carbocycles. The van der Waals surface area contributed by atoms with Crippen LogP contribution in [0.15, 0.2) is 30.5 Å². The molecule has 2 heterocycles. The summed E-state index contributed by atoms with van der Waals surface area (Å²) in [6, 6.07) is 8.80. The first-order chi connectivity index (χ1) is 10.1. The van der Waals surface area contributed by atoms with Crippen LogP contribution in [0, 0.1) is 5.41 Å². The second-order valence-electron chi connectivity index (χ2n) is 6.62. The molecule has 114 valence electrons. The Morgan fingerprint density at radius 3 is 2.71 bits per heavy atom. The number of aliphatic hydroxyl groups excluding tert-OH is 1. The average Bonchev–Trinajstić information content (AvgIpc) is 2.98. The lowest BCUT2D eigenvalue weighted by atomic mass is 9.79. The van der Waals surface area contributed by atoms with Crippen LogP contribution in [0.2, 0.25) is 0 Å². The van der Waals surface area contributed by atoms with Crippen molar-refractivity contribution in [2.24, 2.45) is 5.41 Å². The minimum atomic E-state index is -0.178. The SMILES string of the molecule is CC(C)(CO)[C@H](c1cccc2[nH]ccc12)N1CCNCC1. The highest BCUT2D eigenvalue weighted by atomic mass is 16.3. The zero-order valence-electron chi connectivity index (χ0n) is 12.9. The third kappa shape index (κ3) is 2.71. The van der Waals surface area contributed by atoms with Gasteiger partial charge in [0.1, 0.15) is 0 Å². The van der Waals surface area contributed by atoms with Crippen LogP contribution < -0.4 is 5.32 Å². The molecule has 4 nitrogen and oxygen atoms in total. The molecule has 1 aromatic heterocycles. The van der Waals surface area contributed by atoms with E-state index in [9.17, 15) is 5.11 Å². The van der Waals surface area contributed by atoms with Crippen molar-refractivity contribution in [1.82, 2.24) is 15.2 Å². The topological polar surface area (TPSA) is 51.3 Å². The van der Waals surface area contributed by atoms with Crippen LogP contribution in [0.4, 0.5) is 0 Å². The van der Waals surface area contributed by atoms with E-state index in [4.69, 9.17) is 0 Å². The molecule has 1 aliphatic heterocycles. The lowest BCUT2D eigenvalue weighted by molar-refractivity contribution is 0.0313. The van der Waals surface area contributed by atoms with Crippen LogP contribution in [0.25, 0.3) is 10.9 Å². The van der Waals surface area contributed by atoms with Crippen molar-refractivity contribution in [1.29, 1.82) is 0 Å². The predicted molar refractivity (Wildman–Crippen MR) is 86.3 cm³/mol. The summed E-state index contributed by atoms with van der Waals surface area (Å²) < 4.78 is 0. The fourth-order valence-electron chi connectivity index (χ4n) is 3.49. The van der Waals surface area contributed by atoms with E-state index in [0.29, 0.717) is 0 Å². The number of nitrogens with one attached hydrogen (secondary N) is 2. The molecule has 0 amide bonds. The predicted octanol–water partition coefficient (Wildman–Crippen LogP) is 2.13. The first-order valence-corrected chi connectivity index (χ1v) is 7.75. The number of fused-ring (bicyclic) bond motifs is 1. The fraction of sp³-hybridized carbons (Fsp3) is 0.529. The molecular weight excluding hydrogens is 262 g/mol. The second-order valence-corrected chi connectivity index (χ2v) is 6.62. The van der Waals surface area contributed by atoms with E-state index in [-0.39, 0.29) is 18.1 Å². The average molecular weight is 287 g/mol. The van der Waals surface area contributed by atoms with Gasteiger partial charge in [-0.15, -0.1) is 0 Å². The Bertz CT molecular complexity index is 599. The first-order valence-electron chi connectivity index (χ1n) is 7.75. The van der Waals surface area contributed by atoms with Gasteiger partial charge in [-0.25, -0.2) is 0 Å². The Kier molecular flexibility index (Phi) is 4.02. The molecule has 3 N–H and O–H groups in total. The molecule has 0 spiro atoms. The number of piperazine rings is 1. The smallest absolute Gasteiger partial charge is 0.0500 e. The number of rotatable bonds is 4. The minimum absolute atomic E-state index is 0.178. The molecular formula is C17H25N3O. The number of aromatic nitrogens is 1. The van der Waals surface area contributed by atoms with Gasteiger partial charge in [0.15, 0.2) is 0 Å². The Morgan fingerprint density at radius 1 is 1.24 bits per heavy atom. The Morgan fingerprint density at radius 2 is 2.00 bits per heavy atom. The molecule has 0 unspecified atom stereocenters. The van der Waals surface area contributed by atoms with E-state index in [0.717, 1.165) is 26.2 Å². The highest BCUT2D eigenvalue weighted by Crippen LogP contribution is 2.40. The summed E-state index contributed by atoms with van der Waals surface area (Å²) in [6.45, 7) is 8.57. The van der Waals surface area contributed by atoms with Gasteiger partial charge in [-0.3, -0.25) is 4.90 Å². The van der Waals surface area contributed by atoms with Crippen LogP contribution in [-0.2, 0) is 0 Å². The summed E-state index contributed by atoms with van der Waals surface area (Å²) >= 11 is 0. The molecule has 0 aliphatic carbocycles. The molecule has 0 bridgehead atoms. The lowest BCUT2D eigenvalue weighted by Crippen LogP contribution is -2.49. The standard InChI is InChI=1S/C17H25N3O/c1-17(2,12-21)16(20-10-8-18-9-11-20)14-4-3-5-15-13(14)6-7-19-15/h3-7,16,18-19,21H,8-12H2,1-2H3/t16-/m0/s1. The summed E-state index contributed by atoms with van der Waals surface area (Å²) in [5, 5.41) is 14.6. The molecule has 1 atom stereocenters. The molecule has 2 aromatic rings. The van der Waals surface area contributed by atoms with Crippen molar-refractivity contribution < 1.29 is 5.11 Å². The molecule has 21 heavy (non-hydrogen) atoms. The molecule has 4 heteroatoms. The number of hydrogen-bond acceptors (Lipinski definition) is 3. The maximum atomic E-state index is 9.93. The molecule has 1 aromatic carbocycles. The summed E-state index contributed by atoms with van der Waals surface area (Å²) in [4.78, 5) is 5.80. The van der Waals surface area contributed by atoms with Crippen molar-refractivity contribution in [3.05, 3.63) is 36.0 Å². The number of hydrogen-bond donors (Lipinski definition) is 3. The van der Waals surface area contributed by atoms with Crippen molar-refractivity contribution in [3.8, 4) is 0 Å². The fourth-order valence-corrected chi connectivity index (χ4v) is 3.49. The second kappa shape index (κ2) is 5.79. The number of aliphatic hydroxyl groups is 1. The van der Waals surface area contributed by atoms with Crippen molar-refractivity contribution >= 4 is 10.9 Å². The number of nitrogens with zero attached hydrogens (tertiary/aromatic N) is 1. The lowest BCUT2D eigenvalue weighted by Gasteiger charge is -2.43. The van der Waals surface area contributed by atoms with Gasteiger partial charge in [0.25, 0.3) is 0 Å². The quantitative estimate of drug-likeness (QED) is 0.807. The number of benzene rings is 1. The highest BCUT2D eigenvalue weighted by Gasteiger charge is 2.36. The Balaban J connectivity index is 2.07. The zero-order chi connectivity index (χ0) is 14.9. The summed E-state index contributed by atoms with van der Waals surface area (Å²) in [5.74, 6) is 0. The maximum Gasteiger partial charge on any atom is 0.0500 e. The van der Waals surface area contributed by atoms with Gasteiger partial charge in [0.05, 0.1) is 0 Å². The van der Waals surface area contributed by atoms with Gasteiger partial charge in [-0.2, -0.15) is 0 Å². The summed E-state index contributed by atoms with van der Waals surface area (Å²) in [5.41, 5.74) is 2.30. The van der Waals surface area contributed by atoms with Gasteiger partial charge in [-0.05, 0) is 17.7 Å². The minimum Gasteiger partial charge on any atom is -0.396 e. The van der Waals surface area contributed by atoms with Crippen LogP contribution in [0.1, 0.15) is 25.5 Å². The normalized spacial score (nSPS) is 19.0. The monoisotopic (exact) mass is 287 g/mol. The molecule has 0 radical (unpaired) electrons. The van der Waals surface area contributed by atoms with Crippen molar-refractivity contribution in [2.45, 2.75) is 19.9 Å².